The molecule has 0 radical (unpaired) electrons. The van der Waals surface area contributed by atoms with Gasteiger partial charge in [0.2, 0.25) is 0 Å². The van der Waals surface area contributed by atoms with Crippen LogP contribution >= 0.6 is 0 Å². The Hall–Kier alpha value is -2.89. The van der Waals surface area contributed by atoms with Crippen molar-refractivity contribution in [1.82, 2.24) is 4.90 Å². The quantitative estimate of drug-likeness (QED) is 0.724. The molecule has 0 saturated heterocycles. The van der Waals surface area contributed by atoms with Crippen LogP contribution in [0.2, 0.25) is 0 Å². The van der Waals surface area contributed by atoms with E-state index in [0.29, 0.717) is 12.3 Å². The minimum absolute atomic E-state index is 0.00744. The Kier molecular flexibility index (Phi) is 6.11. The normalized spacial score (nSPS) is 10.2. The summed E-state index contributed by atoms with van der Waals surface area (Å²) in [4.78, 5) is 24.9. The van der Waals surface area contributed by atoms with Crippen LogP contribution in [0.4, 0.5) is 4.39 Å². The van der Waals surface area contributed by atoms with Gasteiger partial charge >= 0.3 is 0 Å². The number of carbonyl (C=O) groups excluding carboxylic acids is 2. The van der Waals surface area contributed by atoms with Crippen molar-refractivity contribution < 1.29 is 23.5 Å². The lowest BCUT2D eigenvalue weighted by Gasteiger charge is -2.19. The van der Waals surface area contributed by atoms with E-state index in [1.54, 1.807) is 14.2 Å². The lowest BCUT2D eigenvalue weighted by molar-refractivity contribution is -0.132. The van der Waals surface area contributed by atoms with Gasteiger partial charge in [-0.3, -0.25) is 9.59 Å². The highest BCUT2D eigenvalue weighted by atomic mass is 19.1. The molecule has 0 unspecified atom stereocenters. The predicted octanol–water partition coefficient (Wildman–Crippen LogP) is 3.07. The van der Waals surface area contributed by atoms with E-state index in [9.17, 15) is 14.0 Å². The van der Waals surface area contributed by atoms with Crippen LogP contribution in [0, 0.1) is 5.82 Å². The number of rotatable bonds is 7. The molecule has 25 heavy (non-hydrogen) atoms. The third-order valence-corrected chi connectivity index (χ3v) is 3.71. The van der Waals surface area contributed by atoms with Crippen LogP contribution in [0.3, 0.4) is 0 Å². The largest absolute Gasteiger partial charge is 0.496 e. The van der Waals surface area contributed by atoms with E-state index < -0.39 is 5.82 Å². The molecule has 132 valence electrons. The fraction of sp³-hybridized carbons (Fsp3) is 0.263. The molecule has 0 atom stereocenters. The fourth-order valence-electron chi connectivity index (χ4n) is 2.30. The summed E-state index contributed by atoms with van der Waals surface area (Å²) >= 11 is 0. The van der Waals surface area contributed by atoms with Crippen molar-refractivity contribution in [3.8, 4) is 11.5 Å². The Morgan fingerprint density at radius 3 is 2.52 bits per heavy atom. The average molecular weight is 345 g/mol. The van der Waals surface area contributed by atoms with Gasteiger partial charge < -0.3 is 14.4 Å². The molecule has 2 aromatic carbocycles. The van der Waals surface area contributed by atoms with E-state index in [0.717, 1.165) is 11.6 Å². The molecule has 0 bridgehead atoms. The van der Waals surface area contributed by atoms with Crippen LogP contribution in [0.15, 0.2) is 42.5 Å². The van der Waals surface area contributed by atoms with Gasteiger partial charge in [0.05, 0.1) is 12.7 Å². The number of ketones is 1. The van der Waals surface area contributed by atoms with Crippen molar-refractivity contribution >= 4 is 11.7 Å². The molecule has 0 aliphatic carbocycles. The maximum atomic E-state index is 13.7. The molecule has 2 aromatic rings. The van der Waals surface area contributed by atoms with Crippen molar-refractivity contribution in [3.05, 3.63) is 59.4 Å². The number of nitrogens with zero attached hydrogens (tertiary/aromatic N) is 1. The zero-order valence-electron chi connectivity index (χ0n) is 14.4. The molecular formula is C19H20FNO4. The van der Waals surface area contributed by atoms with Crippen molar-refractivity contribution in [1.29, 1.82) is 0 Å². The van der Waals surface area contributed by atoms with E-state index >= 15 is 0 Å². The molecule has 2 rings (SSSR count). The molecular weight excluding hydrogens is 325 g/mol. The Morgan fingerprint density at radius 1 is 1.16 bits per heavy atom. The van der Waals surface area contributed by atoms with Crippen LogP contribution in [0.1, 0.15) is 22.8 Å². The van der Waals surface area contributed by atoms with E-state index in [1.807, 2.05) is 24.3 Å². The third kappa shape index (κ3) is 4.79. The second kappa shape index (κ2) is 8.28. The standard InChI is InChI=1S/C19H20FNO4/c1-13(22)16-9-8-15(10-17(16)20)25-12-19(23)21(2)11-14-6-4-5-7-18(14)24-3/h4-10H,11-12H2,1-3H3. The van der Waals surface area contributed by atoms with Crippen molar-refractivity contribution in [2.45, 2.75) is 13.5 Å². The molecule has 0 N–H and O–H groups in total. The zero-order chi connectivity index (χ0) is 18.4. The predicted molar refractivity (Wildman–Crippen MR) is 91.4 cm³/mol. The molecule has 0 heterocycles. The average Bonchev–Trinajstić information content (AvgIpc) is 2.59. The number of para-hydroxylation sites is 1. The van der Waals surface area contributed by atoms with Gasteiger partial charge in [-0.1, -0.05) is 18.2 Å². The second-order valence-corrected chi connectivity index (χ2v) is 5.55. The number of hydrogen-bond acceptors (Lipinski definition) is 4. The van der Waals surface area contributed by atoms with Crippen LogP contribution in [-0.4, -0.2) is 37.4 Å². The van der Waals surface area contributed by atoms with Gasteiger partial charge in [0.15, 0.2) is 12.4 Å². The molecule has 6 heteroatoms. The van der Waals surface area contributed by atoms with Gasteiger partial charge in [0.1, 0.15) is 17.3 Å². The monoisotopic (exact) mass is 345 g/mol. The number of hydrogen-bond donors (Lipinski definition) is 0. The number of benzene rings is 2. The third-order valence-electron chi connectivity index (χ3n) is 3.71. The molecule has 5 nitrogen and oxygen atoms in total. The number of likely N-dealkylation sites (N-methyl/N-ethyl adjacent to an activating group) is 1. The maximum Gasteiger partial charge on any atom is 0.260 e. The maximum absolute atomic E-state index is 13.7. The molecule has 0 aliphatic rings. The summed E-state index contributed by atoms with van der Waals surface area (Å²) in [5.74, 6) is -0.398. The van der Waals surface area contributed by atoms with Gasteiger partial charge in [-0.25, -0.2) is 4.39 Å². The highest BCUT2D eigenvalue weighted by molar-refractivity contribution is 5.94. The lowest BCUT2D eigenvalue weighted by atomic mass is 10.1. The minimum atomic E-state index is -0.667. The van der Waals surface area contributed by atoms with E-state index in [2.05, 4.69) is 0 Å². The molecule has 0 aliphatic heterocycles. The summed E-state index contributed by atoms with van der Waals surface area (Å²) in [7, 11) is 3.22. The van der Waals surface area contributed by atoms with Crippen molar-refractivity contribution in [2.75, 3.05) is 20.8 Å². The number of amides is 1. The molecule has 0 aromatic heterocycles. The van der Waals surface area contributed by atoms with Crippen LogP contribution < -0.4 is 9.47 Å². The molecule has 0 spiro atoms. The first-order chi connectivity index (χ1) is 11.9. The molecule has 1 amide bonds. The lowest BCUT2D eigenvalue weighted by Crippen LogP contribution is -2.31. The number of carbonyl (C=O) groups is 2. The zero-order valence-corrected chi connectivity index (χ0v) is 14.4. The summed E-state index contributed by atoms with van der Waals surface area (Å²) in [6.07, 6.45) is 0. The smallest absolute Gasteiger partial charge is 0.260 e. The Morgan fingerprint density at radius 2 is 1.88 bits per heavy atom. The fourth-order valence-corrected chi connectivity index (χ4v) is 2.30. The summed E-state index contributed by atoms with van der Waals surface area (Å²) in [6.45, 7) is 1.42. The summed E-state index contributed by atoms with van der Waals surface area (Å²) in [6, 6.07) is 11.3. The first-order valence-electron chi connectivity index (χ1n) is 7.71. The highest BCUT2D eigenvalue weighted by Gasteiger charge is 2.14. The van der Waals surface area contributed by atoms with Gasteiger partial charge in [-0.05, 0) is 25.1 Å². The van der Waals surface area contributed by atoms with E-state index in [4.69, 9.17) is 9.47 Å². The second-order valence-electron chi connectivity index (χ2n) is 5.55. The summed E-state index contributed by atoms with van der Waals surface area (Å²) in [5.41, 5.74) is 0.865. The van der Waals surface area contributed by atoms with E-state index in [-0.39, 0.29) is 29.6 Å². The minimum Gasteiger partial charge on any atom is -0.496 e. The topological polar surface area (TPSA) is 55.8 Å². The van der Waals surface area contributed by atoms with Crippen molar-refractivity contribution in [2.24, 2.45) is 0 Å². The SMILES string of the molecule is COc1ccccc1CN(C)C(=O)COc1ccc(C(C)=O)c(F)c1. The highest BCUT2D eigenvalue weighted by Crippen LogP contribution is 2.19. The van der Waals surface area contributed by atoms with E-state index in [1.165, 1.54) is 24.0 Å². The van der Waals surface area contributed by atoms with Crippen molar-refractivity contribution in [3.63, 3.8) is 0 Å². The Labute approximate surface area is 146 Å². The first-order valence-corrected chi connectivity index (χ1v) is 7.71. The summed E-state index contributed by atoms with van der Waals surface area (Å²) in [5, 5.41) is 0. The number of ether oxygens (including phenoxy) is 2. The van der Waals surface area contributed by atoms with Gasteiger partial charge in [0, 0.05) is 25.2 Å². The first kappa shape index (κ1) is 18.4. The number of methoxy groups -OCH3 is 1. The molecule has 0 saturated carbocycles. The van der Waals surface area contributed by atoms with Crippen LogP contribution in [0.25, 0.3) is 0 Å². The summed E-state index contributed by atoms with van der Waals surface area (Å²) < 4.78 is 24.3. The number of halogens is 1. The van der Waals surface area contributed by atoms with Gasteiger partial charge in [-0.2, -0.15) is 0 Å². The number of Topliss-reactive ketones (excluding diaryl/α,β-unsaturated/α-hetero) is 1. The Bertz CT molecular complexity index is 776. The van der Waals surface area contributed by atoms with Crippen LogP contribution in [-0.2, 0) is 11.3 Å². The van der Waals surface area contributed by atoms with Gasteiger partial charge in [0.25, 0.3) is 5.91 Å². The van der Waals surface area contributed by atoms with Gasteiger partial charge in [-0.15, -0.1) is 0 Å². The molecule has 0 fully saturated rings. The Balaban J connectivity index is 1.95. The van der Waals surface area contributed by atoms with Crippen LogP contribution in [0.5, 0.6) is 11.5 Å².